The van der Waals surface area contributed by atoms with Crippen LogP contribution in [0.2, 0.25) is 0 Å². The second-order valence-corrected chi connectivity index (χ2v) is 5.43. The van der Waals surface area contributed by atoms with E-state index in [2.05, 4.69) is 11.0 Å². The van der Waals surface area contributed by atoms with Crippen LogP contribution in [0, 0.1) is 37.7 Å². The molecule has 2 N–H and O–H groups in total. The summed E-state index contributed by atoms with van der Waals surface area (Å²) in [4.78, 5) is 12.7. The van der Waals surface area contributed by atoms with E-state index in [0.29, 0.717) is 18.9 Å². The van der Waals surface area contributed by atoms with Gasteiger partial charge < -0.3 is 15.1 Å². The van der Waals surface area contributed by atoms with E-state index in [4.69, 9.17) is 21.8 Å². The van der Waals surface area contributed by atoms with Crippen molar-refractivity contribution in [3.63, 3.8) is 0 Å². The molecule has 1 rings (SSSR count). The molecule has 0 aliphatic carbocycles. The molecule has 1 aliphatic heterocycles. The van der Waals surface area contributed by atoms with Gasteiger partial charge in [-0.3, -0.25) is 4.79 Å². The van der Waals surface area contributed by atoms with Gasteiger partial charge in [0.15, 0.2) is 0 Å². The summed E-state index contributed by atoms with van der Waals surface area (Å²) in [6.45, 7) is 3.02. The van der Waals surface area contributed by atoms with Gasteiger partial charge in [0.25, 0.3) is 0 Å². The molecule has 0 aromatic heterocycles. The number of aliphatic carboxylic acids is 1. The maximum Gasteiger partial charge on any atom is 0.303 e. The van der Waals surface area contributed by atoms with Crippen molar-refractivity contribution in [2.75, 3.05) is 13.1 Å². The summed E-state index contributed by atoms with van der Waals surface area (Å²) < 4.78 is 0. The van der Waals surface area contributed by atoms with Crippen molar-refractivity contribution in [2.24, 2.45) is 0 Å². The number of halogens is 1. The Morgan fingerprint density at radius 1 is 1.45 bits per heavy atom. The fourth-order valence-electron chi connectivity index (χ4n) is 2.40. The molecular formula is C14H23ClNO3U-. The maximum atomic E-state index is 10.4. The Morgan fingerprint density at radius 2 is 2.20 bits per heavy atom. The van der Waals surface area contributed by atoms with Crippen LogP contribution in [0.5, 0.6) is 0 Å². The smallest absolute Gasteiger partial charge is 0.303 e. The van der Waals surface area contributed by atoms with Gasteiger partial charge in [0.1, 0.15) is 0 Å². The Morgan fingerprint density at radius 3 is 2.85 bits per heavy atom. The minimum absolute atomic E-state index is 0. The largest absolute Gasteiger partial charge is 0.566 e. The number of rotatable bonds is 9. The molecule has 1 saturated heterocycles. The van der Waals surface area contributed by atoms with Gasteiger partial charge >= 0.3 is 5.97 Å². The van der Waals surface area contributed by atoms with Crippen molar-refractivity contribution in [3.8, 4) is 0 Å². The quantitative estimate of drug-likeness (QED) is 0.210. The summed E-state index contributed by atoms with van der Waals surface area (Å²) in [6, 6.07) is 0.331. The first-order valence-corrected chi connectivity index (χ1v) is 7.29. The molecule has 6 heteroatoms. The molecule has 1 fully saturated rings. The molecule has 0 bridgehead atoms. The minimum atomic E-state index is -0.739. The second kappa shape index (κ2) is 12.1. The molecule has 0 radical (unpaired) electrons. The Hall–Kier alpha value is 0.472. The van der Waals surface area contributed by atoms with Gasteiger partial charge in [0.05, 0.1) is 5.38 Å². The predicted octanol–water partition coefficient (Wildman–Crippen LogP) is 2.79. The number of unbranched alkanes of at least 4 members (excludes halogenated alkanes) is 1. The van der Waals surface area contributed by atoms with Crippen molar-refractivity contribution in [1.82, 2.24) is 4.90 Å². The minimum Gasteiger partial charge on any atom is -0.566 e. The van der Waals surface area contributed by atoms with Gasteiger partial charge in [-0.2, -0.15) is 0 Å². The maximum absolute atomic E-state index is 10.4. The summed E-state index contributed by atoms with van der Waals surface area (Å²) >= 11 is 6.31. The molecule has 114 valence electrons. The van der Waals surface area contributed by atoms with Crippen LogP contribution in [0.1, 0.15) is 38.5 Å². The van der Waals surface area contributed by atoms with Crippen LogP contribution in [-0.4, -0.2) is 45.6 Å². The van der Waals surface area contributed by atoms with E-state index >= 15 is 0 Å². The number of nitrogens with zero attached hydrogens (tertiary/aromatic N) is 1. The monoisotopic (exact) mass is 526 g/mol. The van der Waals surface area contributed by atoms with E-state index in [-0.39, 0.29) is 42.9 Å². The molecular weight excluding hydrogens is 504 g/mol. The third-order valence-electron chi connectivity index (χ3n) is 3.43. The number of hydrogen-bond donors (Lipinski definition) is 2. The molecule has 2 atom stereocenters. The molecule has 4 nitrogen and oxygen atoms in total. The normalized spacial score (nSPS) is 23.1. The number of aliphatic hydroxyl groups is 1. The third-order valence-corrected chi connectivity index (χ3v) is 3.94. The summed E-state index contributed by atoms with van der Waals surface area (Å²) in [7, 11) is 0. The third kappa shape index (κ3) is 8.05. The van der Waals surface area contributed by atoms with Crippen LogP contribution in [0.4, 0.5) is 0 Å². The van der Waals surface area contributed by atoms with E-state index < -0.39 is 5.97 Å². The van der Waals surface area contributed by atoms with Crippen molar-refractivity contribution in [1.29, 1.82) is 0 Å². The average molecular weight is 527 g/mol. The second-order valence-electron chi connectivity index (χ2n) is 4.87. The van der Waals surface area contributed by atoms with E-state index in [1.54, 1.807) is 0 Å². The fraction of sp³-hybridized carbons (Fsp3) is 0.714. The zero-order chi connectivity index (χ0) is 14.1. The average Bonchev–Trinajstić information content (AvgIpc) is 2.72. The fourth-order valence-corrected chi connectivity index (χ4v) is 2.76. The van der Waals surface area contributed by atoms with Gasteiger partial charge in [-0.1, -0.05) is 12.2 Å². The molecule has 0 saturated carbocycles. The van der Waals surface area contributed by atoms with Crippen LogP contribution >= 0.6 is 11.6 Å². The number of aliphatic hydroxyl groups excluding tert-OH is 1. The SMILES string of the molecule is O=C(O)CCC/C=C\C[C@H]1[C@H](Cl)CCN1CC[CH-]O.[U]. The van der Waals surface area contributed by atoms with Crippen molar-refractivity contribution in [2.45, 2.75) is 49.9 Å². The van der Waals surface area contributed by atoms with E-state index in [1.807, 2.05) is 6.08 Å². The van der Waals surface area contributed by atoms with Crippen molar-refractivity contribution >= 4 is 17.6 Å². The molecule has 0 amide bonds. The number of carboxylic acids is 1. The Balaban J connectivity index is 0.00000361. The number of alkyl halides is 1. The summed E-state index contributed by atoms with van der Waals surface area (Å²) in [5.74, 6) is -0.739. The summed E-state index contributed by atoms with van der Waals surface area (Å²) in [6.07, 6.45) is 8.41. The molecule has 0 aromatic carbocycles. The molecule has 0 unspecified atom stereocenters. The summed E-state index contributed by atoms with van der Waals surface area (Å²) in [5, 5.41) is 17.4. The molecule has 0 aromatic rings. The Labute approximate surface area is 149 Å². The topological polar surface area (TPSA) is 60.8 Å². The number of allylic oxidation sites excluding steroid dienone is 1. The first-order chi connectivity index (χ1) is 9.15. The van der Waals surface area contributed by atoms with Crippen molar-refractivity contribution < 1.29 is 46.1 Å². The molecule has 1 aliphatic rings. The van der Waals surface area contributed by atoms with E-state index in [1.165, 1.54) is 6.61 Å². The van der Waals surface area contributed by atoms with Gasteiger partial charge in [-0.05, 0) is 38.8 Å². The van der Waals surface area contributed by atoms with E-state index in [9.17, 15) is 4.79 Å². The molecule has 0 spiro atoms. The molecule has 20 heavy (non-hydrogen) atoms. The van der Waals surface area contributed by atoms with Crippen molar-refractivity contribution in [3.05, 3.63) is 18.8 Å². The predicted molar refractivity (Wildman–Crippen MR) is 75.7 cm³/mol. The van der Waals surface area contributed by atoms with Gasteiger partial charge in [-0.15, -0.1) is 18.0 Å². The Bertz CT molecular complexity index is 302. The first-order valence-electron chi connectivity index (χ1n) is 6.86. The van der Waals surface area contributed by atoms with Crippen LogP contribution in [-0.2, 0) is 4.79 Å². The Kier molecular flexibility index (Phi) is 12.3. The van der Waals surface area contributed by atoms with Crippen LogP contribution in [0.15, 0.2) is 12.2 Å². The summed E-state index contributed by atoms with van der Waals surface area (Å²) in [5.41, 5.74) is 0. The number of carboxylic acid groups (broad SMARTS) is 1. The van der Waals surface area contributed by atoms with E-state index in [0.717, 1.165) is 32.4 Å². The van der Waals surface area contributed by atoms with Gasteiger partial charge in [0, 0.05) is 43.6 Å². The molecule has 1 heterocycles. The standard InChI is InChI=1S/C14H23ClNO3.U/c15-12-8-10-16(9-5-11-17)13(12)6-3-1-2-4-7-14(18)19;/h1,3,11-13,17H,2,4-10H2,(H,18,19);/q-1;/b3-1-;/t12-,13+;/m1./s1. The zero-order valence-electron chi connectivity index (χ0n) is 11.7. The number of likely N-dealkylation sites (tertiary alicyclic amines) is 1. The van der Waals surface area contributed by atoms with Gasteiger partial charge in [0.2, 0.25) is 0 Å². The van der Waals surface area contributed by atoms with Crippen LogP contribution in [0.25, 0.3) is 0 Å². The van der Waals surface area contributed by atoms with Crippen LogP contribution in [0.3, 0.4) is 0 Å². The number of carbonyl (C=O) groups is 1. The van der Waals surface area contributed by atoms with Gasteiger partial charge in [-0.25, -0.2) is 6.61 Å². The first kappa shape index (κ1) is 20.5. The van der Waals surface area contributed by atoms with Crippen LogP contribution < -0.4 is 0 Å². The number of hydrogen-bond acceptors (Lipinski definition) is 3. The zero-order valence-corrected chi connectivity index (χ0v) is 16.6.